The summed E-state index contributed by atoms with van der Waals surface area (Å²) in [6.07, 6.45) is 4.90. The number of carbonyl (C=O) groups is 1. The zero-order valence-electron chi connectivity index (χ0n) is 11.5. The van der Waals surface area contributed by atoms with Crippen molar-refractivity contribution in [2.24, 2.45) is 5.73 Å². The molecule has 2 aromatic carbocycles. The van der Waals surface area contributed by atoms with E-state index in [0.29, 0.717) is 5.75 Å². The van der Waals surface area contributed by atoms with E-state index in [0.717, 1.165) is 12.8 Å². The van der Waals surface area contributed by atoms with Crippen LogP contribution in [0.1, 0.15) is 24.0 Å². The highest BCUT2D eigenvalue weighted by molar-refractivity contribution is 5.42. The van der Waals surface area contributed by atoms with Crippen molar-refractivity contribution in [1.29, 1.82) is 0 Å². The normalized spacial score (nSPS) is 9.40. The van der Waals surface area contributed by atoms with E-state index in [-0.39, 0.29) is 6.41 Å². The number of hydrogen-bond donors (Lipinski definition) is 2. The molecule has 20 heavy (non-hydrogen) atoms. The van der Waals surface area contributed by atoms with Gasteiger partial charge in [0.1, 0.15) is 5.75 Å². The average molecular weight is 271 g/mol. The molecule has 0 atom stereocenters. The van der Waals surface area contributed by atoms with Crippen molar-refractivity contribution in [2.75, 3.05) is 0 Å². The monoisotopic (exact) mass is 271 g/mol. The van der Waals surface area contributed by atoms with Crippen LogP contribution in [0.2, 0.25) is 0 Å². The molecule has 0 aromatic heterocycles. The lowest BCUT2D eigenvalue weighted by molar-refractivity contribution is -0.106. The van der Waals surface area contributed by atoms with Crippen LogP contribution in [0.4, 0.5) is 0 Å². The first-order valence-electron chi connectivity index (χ1n) is 6.73. The van der Waals surface area contributed by atoms with Crippen LogP contribution in [0.25, 0.3) is 0 Å². The van der Waals surface area contributed by atoms with Gasteiger partial charge in [-0.1, -0.05) is 42.5 Å². The number of benzene rings is 2. The molecule has 3 nitrogen and oxygen atoms in total. The SMILES string of the molecule is NC=O.Oc1ccc(CCCCc2ccccc2)cc1. The van der Waals surface area contributed by atoms with Gasteiger partial charge in [-0.2, -0.15) is 0 Å². The summed E-state index contributed by atoms with van der Waals surface area (Å²) in [6, 6.07) is 18.1. The fourth-order valence-electron chi connectivity index (χ4n) is 1.97. The maximum atomic E-state index is 9.18. The Balaban J connectivity index is 0.000000612. The highest BCUT2D eigenvalue weighted by atomic mass is 16.3. The highest BCUT2D eigenvalue weighted by Crippen LogP contribution is 2.13. The summed E-state index contributed by atoms with van der Waals surface area (Å²) in [7, 11) is 0. The van der Waals surface area contributed by atoms with Gasteiger partial charge in [-0.15, -0.1) is 0 Å². The standard InChI is InChI=1S/C16H18O.CH3NO/c17-16-12-10-15(11-13-16)9-5-4-8-14-6-2-1-3-7-14;2-1-3/h1-3,6-7,10-13,17H,4-5,8-9H2;1H,(H2,2,3). The summed E-state index contributed by atoms with van der Waals surface area (Å²) in [4.78, 5) is 8.58. The van der Waals surface area contributed by atoms with E-state index in [4.69, 9.17) is 4.79 Å². The molecular weight excluding hydrogens is 250 g/mol. The molecular formula is C17H21NO2. The summed E-state index contributed by atoms with van der Waals surface area (Å²) in [6.45, 7) is 0. The smallest absolute Gasteiger partial charge is 0.204 e. The van der Waals surface area contributed by atoms with Gasteiger partial charge in [-0.25, -0.2) is 0 Å². The summed E-state index contributed by atoms with van der Waals surface area (Å²) < 4.78 is 0. The summed E-state index contributed by atoms with van der Waals surface area (Å²) >= 11 is 0. The number of unbranched alkanes of at least 4 members (excludes halogenated alkanes) is 1. The van der Waals surface area contributed by atoms with Crippen molar-refractivity contribution in [3.05, 3.63) is 65.7 Å². The van der Waals surface area contributed by atoms with Gasteiger partial charge in [0.05, 0.1) is 0 Å². The first-order chi connectivity index (χ1) is 9.76. The van der Waals surface area contributed by atoms with E-state index in [1.165, 1.54) is 24.0 Å². The van der Waals surface area contributed by atoms with Crippen molar-refractivity contribution in [1.82, 2.24) is 0 Å². The summed E-state index contributed by atoms with van der Waals surface area (Å²) in [5, 5.41) is 9.18. The number of rotatable bonds is 5. The van der Waals surface area contributed by atoms with Crippen molar-refractivity contribution >= 4 is 6.41 Å². The molecule has 0 aliphatic carbocycles. The zero-order chi connectivity index (χ0) is 14.6. The molecule has 0 radical (unpaired) electrons. The Morgan fingerprint density at radius 1 is 0.850 bits per heavy atom. The fraction of sp³-hybridized carbons (Fsp3) is 0.235. The molecule has 106 valence electrons. The van der Waals surface area contributed by atoms with Crippen LogP contribution >= 0.6 is 0 Å². The topological polar surface area (TPSA) is 63.3 Å². The zero-order valence-corrected chi connectivity index (χ0v) is 11.5. The highest BCUT2D eigenvalue weighted by Gasteiger charge is 1.95. The van der Waals surface area contributed by atoms with Crippen LogP contribution in [0, 0.1) is 0 Å². The minimum absolute atomic E-state index is 0.250. The van der Waals surface area contributed by atoms with E-state index in [2.05, 4.69) is 36.1 Å². The number of primary amides is 1. The Labute approximate surface area is 120 Å². The Bertz CT molecular complexity index is 480. The van der Waals surface area contributed by atoms with Crippen LogP contribution in [-0.4, -0.2) is 11.5 Å². The molecule has 0 bridgehead atoms. The number of amides is 1. The van der Waals surface area contributed by atoms with Crippen molar-refractivity contribution in [3.8, 4) is 5.75 Å². The van der Waals surface area contributed by atoms with Gasteiger partial charge in [0, 0.05) is 0 Å². The van der Waals surface area contributed by atoms with Gasteiger partial charge < -0.3 is 10.8 Å². The minimum Gasteiger partial charge on any atom is -0.508 e. The Hall–Kier alpha value is -2.29. The van der Waals surface area contributed by atoms with Crippen molar-refractivity contribution < 1.29 is 9.90 Å². The molecule has 0 spiro atoms. The largest absolute Gasteiger partial charge is 0.508 e. The molecule has 3 N–H and O–H groups in total. The number of aryl methyl sites for hydroxylation is 2. The van der Waals surface area contributed by atoms with Crippen molar-refractivity contribution in [3.63, 3.8) is 0 Å². The quantitative estimate of drug-likeness (QED) is 0.648. The molecule has 0 saturated heterocycles. The Morgan fingerprint density at radius 3 is 1.80 bits per heavy atom. The molecule has 0 aliphatic heterocycles. The first kappa shape index (κ1) is 15.8. The van der Waals surface area contributed by atoms with Gasteiger partial charge in [-0.3, -0.25) is 4.79 Å². The van der Waals surface area contributed by atoms with Crippen LogP contribution in [0.5, 0.6) is 5.75 Å². The predicted molar refractivity (Wildman–Crippen MR) is 81.4 cm³/mol. The number of hydrogen-bond acceptors (Lipinski definition) is 2. The van der Waals surface area contributed by atoms with Gasteiger partial charge in [0.15, 0.2) is 0 Å². The van der Waals surface area contributed by atoms with E-state index in [9.17, 15) is 5.11 Å². The van der Waals surface area contributed by atoms with E-state index >= 15 is 0 Å². The second-order valence-electron chi connectivity index (χ2n) is 4.50. The van der Waals surface area contributed by atoms with Crippen LogP contribution in [0.15, 0.2) is 54.6 Å². The van der Waals surface area contributed by atoms with Gasteiger partial charge in [-0.05, 0) is 48.9 Å². The van der Waals surface area contributed by atoms with E-state index < -0.39 is 0 Å². The van der Waals surface area contributed by atoms with E-state index in [1.54, 1.807) is 12.1 Å². The lowest BCUT2D eigenvalue weighted by atomic mass is 10.0. The van der Waals surface area contributed by atoms with E-state index in [1.807, 2.05) is 12.1 Å². The molecule has 0 fully saturated rings. The second-order valence-corrected chi connectivity index (χ2v) is 4.50. The van der Waals surface area contributed by atoms with Gasteiger partial charge >= 0.3 is 0 Å². The third-order valence-electron chi connectivity index (χ3n) is 2.96. The molecule has 0 aliphatic rings. The average Bonchev–Trinajstić information content (AvgIpc) is 2.47. The van der Waals surface area contributed by atoms with Crippen LogP contribution in [0.3, 0.4) is 0 Å². The third-order valence-corrected chi connectivity index (χ3v) is 2.96. The third kappa shape index (κ3) is 6.59. The fourth-order valence-corrected chi connectivity index (χ4v) is 1.97. The maximum absolute atomic E-state index is 9.18. The number of aromatic hydroxyl groups is 1. The molecule has 0 heterocycles. The maximum Gasteiger partial charge on any atom is 0.204 e. The molecule has 0 unspecified atom stereocenters. The molecule has 0 saturated carbocycles. The molecule has 3 heteroatoms. The number of phenols is 1. The van der Waals surface area contributed by atoms with Gasteiger partial charge in [0.2, 0.25) is 6.41 Å². The Morgan fingerprint density at radius 2 is 1.30 bits per heavy atom. The lowest BCUT2D eigenvalue weighted by Gasteiger charge is -2.02. The summed E-state index contributed by atoms with van der Waals surface area (Å²) in [5.74, 6) is 0.345. The number of nitrogens with two attached hydrogens (primary N) is 1. The molecule has 2 aromatic rings. The van der Waals surface area contributed by atoms with Crippen LogP contribution < -0.4 is 5.73 Å². The molecule has 2 rings (SSSR count). The lowest BCUT2D eigenvalue weighted by Crippen LogP contribution is -1.88. The van der Waals surface area contributed by atoms with Crippen LogP contribution in [-0.2, 0) is 17.6 Å². The Kier molecular flexibility index (Phi) is 7.58. The molecule has 1 amide bonds. The van der Waals surface area contributed by atoms with Crippen molar-refractivity contribution in [2.45, 2.75) is 25.7 Å². The predicted octanol–water partition coefficient (Wildman–Crippen LogP) is 3.06. The summed E-state index contributed by atoms with van der Waals surface area (Å²) in [5.41, 5.74) is 6.88. The second kappa shape index (κ2) is 9.62. The number of carbonyl (C=O) groups excluding carboxylic acids is 1. The minimum atomic E-state index is 0.250. The number of phenolic OH excluding ortho intramolecular Hbond substituents is 1. The van der Waals surface area contributed by atoms with Gasteiger partial charge in [0.25, 0.3) is 0 Å². The first-order valence-corrected chi connectivity index (χ1v) is 6.73.